The fourth-order valence-corrected chi connectivity index (χ4v) is 1.19. The number of amides is 1. The molecule has 1 rings (SSSR count). The van der Waals surface area contributed by atoms with Crippen molar-refractivity contribution < 1.29 is 14.4 Å². The molecule has 1 heterocycles. The Morgan fingerprint density at radius 3 is 2.83 bits per heavy atom. The summed E-state index contributed by atoms with van der Waals surface area (Å²) in [7, 11) is 0. The van der Waals surface area contributed by atoms with Crippen LogP contribution in [0.25, 0.3) is 0 Å². The second kappa shape index (κ2) is 5.08. The Balaban J connectivity index is 2.15. The molecule has 3 N–H and O–H groups in total. The van der Waals surface area contributed by atoms with Gasteiger partial charge in [-0.1, -0.05) is 0 Å². The van der Waals surface area contributed by atoms with Crippen LogP contribution in [0.2, 0.25) is 0 Å². The highest BCUT2D eigenvalue weighted by Gasteiger charge is 2.15. The van der Waals surface area contributed by atoms with Crippen LogP contribution >= 0.6 is 0 Å². The Morgan fingerprint density at radius 2 is 2.25 bits per heavy atom. The van der Waals surface area contributed by atoms with E-state index in [4.69, 9.17) is 10.6 Å². The van der Waals surface area contributed by atoms with Crippen molar-refractivity contribution in [2.75, 3.05) is 19.8 Å². The Morgan fingerprint density at radius 1 is 1.58 bits per heavy atom. The zero-order chi connectivity index (χ0) is 8.81. The summed E-state index contributed by atoms with van der Waals surface area (Å²) in [4.78, 5) is 15.2. The van der Waals surface area contributed by atoms with Crippen molar-refractivity contribution in [3.8, 4) is 0 Å². The molecular formula is C7H14N2O3. The molecule has 0 aliphatic carbocycles. The second-order valence-electron chi connectivity index (χ2n) is 2.77. The number of rotatable bonds is 3. The highest BCUT2D eigenvalue weighted by atomic mass is 16.6. The highest BCUT2D eigenvalue weighted by molar-refractivity contribution is 5.77. The maximum Gasteiger partial charge on any atom is 0.248 e. The summed E-state index contributed by atoms with van der Waals surface area (Å²) in [6.45, 7) is 1.36. The van der Waals surface area contributed by atoms with E-state index >= 15 is 0 Å². The number of nitrogens with two attached hydrogens (primary N) is 1. The van der Waals surface area contributed by atoms with Crippen molar-refractivity contribution in [3.63, 3.8) is 0 Å². The maximum absolute atomic E-state index is 11.0. The molecule has 12 heavy (non-hydrogen) atoms. The third kappa shape index (κ3) is 3.17. The van der Waals surface area contributed by atoms with E-state index in [1.807, 2.05) is 0 Å². The highest BCUT2D eigenvalue weighted by Crippen LogP contribution is 2.05. The lowest BCUT2D eigenvalue weighted by Gasteiger charge is -2.22. The van der Waals surface area contributed by atoms with E-state index in [1.54, 1.807) is 0 Å². The number of ether oxygens (including phenoxy) is 1. The zero-order valence-electron chi connectivity index (χ0n) is 6.91. The van der Waals surface area contributed by atoms with Crippen molar-refractivity contribution in [1.29, 1.82) is 0 Å². The van der Waals surface area contributed by atoms with E-state index in [-0.39, 0.29) is 18.6 Å². The van der Waals surface area contributed by atoms with Crippen LogP contribution < -0.4 is 11.2 Å². The van der Waals surface area contributed by atoms with E-state index in [1.165, 1.54) is 0 Å². The van der Waals surface area contributed by atoms with Crippen molar-refractivity contribution in [3.05, 3.63) is 0 Å². The monoisotopic (exact) mass is 174 g/mol. The van der Waals surface area contributed by atoms with Gasteiger partial charge in [-0.25, -0.2) is 5.90 Å². The minimum atomic E-state index is -0.163. The van der Waals surface area contributed by atoms with Crippen molar-refractivity contribution in [2.24, 2.45) is 5.90 Å². The fraction of sp³-hybridized carbons (Fsp3) is 0.857. The van der Waals surface area contributed by atoms with Gasteiger partial charge >= 0.3 is 0 Å². The molecular weight excluding hydrogens is 160 g/mol. The normalized spacial score (nSPS) is 19.1. The van der Waals surface area contributed by atoms with Crippen LogP contribution in [0.15, 0.2) is 0 Å². The van der Waals surface area contributed by atoms with Crippen molar-refractivity contribution >= 4 is 5.91 Å². The van der Waals surface area contributed by atoms with Crippen LogP contribution in [0, 0.1) is 0 Å². The predicted octanol–water partition coefficient (Wildman–Crippen LogP) is -0.828. The van der Waals surface area contributed by atoms with Gasteiger partial charge in [0.1, 0.15) is 6.61 Å². The van der Waals surface area contributed by atoms with Gasteiger partial charge in [0.2, 0.25) is 5.91 Å². The first-order chi connectivity index (χ1) is 5.83. The molecule has 70 valence electrons. The van der Waals surface area contributed by atoms with Gasteiger partial charge in [0.05, 0.1) is 0 Å². The second-order valence-corrected chi connectivity index (χ2v) is 2.77. The minimum Gasteiger partial charge on any atom is -0.381 e. The summed E-state index contributed by atoms with van der Waals surface area (Å²) >= 11 is 0. The third-order valence-electron chi connectivity index (χ3n) is 1.80. The number of carbonyl (C=O) groups is 1. The fourth-order valence-electron chi connectivity index (χ4n) is 1.19. The summed E-state index contributed by atoms with van der Waals surface area (Å²) in [5.41, 5.74) is 0. The van der Waals surface area contributed by atoms with Gasteiger partial charge in [0.25, 0.3) is 0 Å². The number of hydrogen-bond acceptors (Lipinski definition) is 4. The average molecular weight is 174 g/mol. The molecule has 0 atom stereocenters. The third-order valence-corrected chi connectivity index (χ3v) is 1.80. The van der Waals surface area contributed by atoms with Crippen LogP contribution in [0.5, 0.6) is 0 Å². The molecule has 0 aromatic heterocycles. The quantitative estimate of drug-likeness (QED) is 0.548. The summed E-state index contributed by atoms with van der Waals surface area (Å²) in [6.07, 6.45) is 1.74. The Kier molecular flexibility index (Phi) is 3.99. The number of carbonyl (C=O) groups excluding carboxylic acids is 1. The first kappa shape index (κ1) is 9.44. The van der Waals surface area contributed by atoms with E-state index in [0.717, 1.165) is 12.8 Å². The number of nitrogens with one attached hydrogen (secondary N) is 1. The lowest BCUT2D eigenvalue weighted by molar-refractivity contribution is -0.127. The summed E-state index contributed by atoms with van der Waals surface area (Å²) in [6, 6.07) is 0.224. The molecule has 0 radical (unpaired) electrons. The maximum atomic E-state index is 11.0. The Labute approximate surface area is 71.2 Å². The summed E-state index contributed by atoms with van der Waals surface area (Å²) < 4.78 is 5.13. The molecule has 0 bridgehead atoms. The van der Waals surface area contributed by atoms with E-state index < -0.39 is 0 Å². The minimum absolute atomic E-state index is 0.0721. The van der Waals surface area contributed by atoms with E-state index in [9.17, 15) is 4.79 Å². The predicted molar refractivity (Wildman–Crippen MR) is 42.1 cm³/mol. The molecule has 0 unspecified atom stereocenters. The van der Waals surface area contributed by atoms with Crippen molar-refractivity contribution in [2.45, 2.75) is 18.9 Å². The topological polar surface area (TPSA) is 73.6 Å². The van der Waals surface area contributed by atoms with Gasteiger partial charge in [-0.3, -0.25) is 9.63 Å². The van der Waals surface area contributed by atoms with Gasteiger partial charge < -0.3 is 10.1 Å². The molecule has 5 heteroatoms. The molecule has 1 amide bonds. The van der Waals surface area contributed by atoms with Crippen LogP contribution in [-0.2, 0) is 14.4 Å². The Bertz CT molecular complexity index is 146. The molecule has 0 aromatic rings. The first-order valence-corrected chi connectivity index (χ1v) is 4.01. The van der Waals surface area contributed by atoms with E-state index in [0.29, 0.717) is 13.2 Å². The molecule has 0 spiro atoms. The SMILES string of the molecule is NOCC(=O)NC1CCOCC1. The standard InChI is InChI=1S/C7H14N2O3/c8-12-5-7(10)9-6-1-3-11-4-2-6/h6H,1-5,8H2,(H,9,10). The van der Waals surface area contributed by atoms with Gasteiger partial charge in [-0.15, -0.1) is 0 Å². The van der Waals surface area contributed by atoms with Crippen LogP contribution in [0.1, 0.15) is 12.8 Å². The molecule has 0 aromatic carbocycles. The molecule has 0 saturated carbocycles. The Hall–Kier alpha value is -0.650. The van der Waals surface area contributed by atoms with Crippen molar-refractivity contribution in [1.82, 2.24) is 5.32 Å². The van der Waals surface area contributed by atoms with Crippen LogP contribution in [-0.4, -0.2) is 31.8 Å². The number of hydrogen-bond donors (Lipinski definition) is 2. The van der Waals surface area contributed by atoms with E-state index in [2.05, 4.69) is 10.2 Å². The molecule has 1 aliphatic rings. The zero-order valence-corrected chi connectivity index (χ0v) is 6.91. The van der Waals surface area contributed by atoms with Gasteiger partial charge in [0, 0.05) is 19.3 Å². The summed E-state index contributed by atoms with van der Waals surface area (Å²) in [5, 5.41) is 2.80. The van der Waals surface area contributed by atoms with Gasteiger partial charge in [0.15, 0.2) is 0 Å². The molecule has 5 nitrogen and oxygen atoms in total. The first-order valence-electron chi connectivity index (χ1n) is 4.01. The molecule has 1 fully saturated rings. The lowest BCUT2D eigenvalue weighted by Crippen LogP contribution is -2.41. The lowest BCUT2D eigenvalue weighted by atomic mass is 10.1. The summed E-state index contributed by atoms with van der Waals surface area (Å²) in [5.74, 6) is 4.59. The molecule has 1 saturated heterocycles. The average Bonchev–Trinajstić information content (AvgIpc) is 2.06. The smallest absolute Gasteiger partial charge is 0.248 e. The van der Waals surface area contributed by atoms with Gasteiger partial charge in [-0.05, 0) is 12.8 Å². The van der Waals surface area contributed by atoms with Crippen LogP contribution in [0.3, 0.4) is 0 Å². The van der Waals surface area contributed by atoms with Crippen LogP contribution in [0.4, 0.5) is 0 Å². The van der Waals surface area contributed by atoms with Gasteiger partial charge in [-0.2, -0.15) is 0 Å². The largest absolute Gasteiger partial charge is 0.381 e. The molecule has 1 aliphatic heterocycles.